The second-order valence-corrected chi connectivity index (χ2v) is 7.92. The van der Waals surface area contributed by atoms with E-state index in [1.807, 2.05) is 24.3 Å². The zero-order valence-electron chi connectivity index (χ0n) is 16.3. The van der Waals surface area contributed by atoms with Gasteiger partial charge in [0.2, 0.25) is 5.91 Å². The number of imidazole rings is 1. The number of benzene rings is 2. The summed E-state index contributed by atoms with van der Waals surface area (Å²) >= 11 is 0. The summed E-state index contributed by atoms with van der Waals surface area (Å²) < 4.78 is 41.4. The minimum absolute atomic E-state index is 0.164. The Kier molecular flexibility index (Phi) is 4.84. The van der Waals surface area contributed by atoms with Gasteiger partial charge in [-0.05, 0) is 36.2 Å². The van der Waals surface area contributed by atoms with Gasteiger partial charge in [-0.15, -0.1) is 0 Å². The highest BCUT2D eigenvalue weighted by atomic mass is 19.4. The van der Waals surface area contributed by atoms with Crippen LogP contribution in [0.2, 0.25) is 0 Å². The van der Waals surface area contributed by atoms with E-state index < -0.39 is 11.7 Å². The molecule has 29 heavy (non-hydrogen) atoms. The Morgan fingerprint density at radius 3 is 2.62 bits per heavy atom. The number of hydrogen-bond acceptors (Lipinski definition) is 2. The van der Waals surface area contributed by atoms with Crippen molar-refractivity contribution in [1.82, 2.24) is 9.55 Å². The first-order chi connectivity index (χ1) is 13.7. The number of alkyl halides is 3. The molecular formula is C22H22F3N3O. The fourth-order valence-corrected chi connectivity index (χ4v) is 3.94. The summed E-state index contributed by atoms with van der Waals surface area (Å²) in [6, 6.07) is 12.8. The number of anilines is 1. The van der Waals surface area contributed by atoms with Crippen molar-refractivity contribution < 1.29 is 18.0 Å². The molecule has 1 fully saturated rings. The van der Waals surface area contributed by atoms with Crippen LogP contribution in [0.5, 0.6) is 0 Å². The summed E-state index contributed by atoms with van der Waals surface area (Å²) in [5.74, 6) is 0.867. The lowest BCUT2D eigenvalue weighted by Gasteiger charge is -2.19. The van der Waals surface area contributed by atoms with Gasteiger partial charge in [0.15, 0.2) is 0 Å². The van der Waals surface area contributed by atoms with Gasteiger partial charge in [-0.2, -0.15) is 13.2 Å². The number of aromatic nitrogens is 2. The smallest absolute Gasteiger partial charge is 0.327 e. The van der Waals surface area contributed by atoms with Crippen LogP contribution >= 0.6 is 0 Å². The fourth-order valence-electron chi connectivity index (χ4n) is 3.94. The Morgan fingerprint density at radius 1 is 1.14 bits per heavy atom. The van der Waals surface area contributed by atoms with E-state index in [1.165, 1.54) is 11.0 Å². The lowest BCUT2D eigenvalue weighted by Crippen LogP contribution is -2.25. The van der Waals surface area contributed by atoms with Crippen LogP contribution in [0.1, 0.15) is 37.6 Å². The van der Waals surface area contributed by atoms with Crippen LogP contribution in [0.25, 0.3) is 11.0 Å². The molecule has 2 aromatic carbocycles. The molecule has 2 heterocycles. The first kappa shape index (κ1) is 19.5. The predicted octanol–water partition coefficient (Wildman–Crippen LogP) is 5.23. The van der Waals surface area contributed by atoms with Crippen molar-refractivity contribution in [2.75, 3.05) is 11.4 Å². The zero-order chi connectivity index (χ0) is 20.8. The monoisotopic (exact) mass is 401 g/mol. The highest BCUT2D eigenvalue weighted by Crippen LogP contribution is 2.36. The van der Waals surface area contributed by atoms with Gasteiger partial charge in [-0.25, -0.2) is 4.98 Å². The second-order valence-electron chi connectivity index (χ2n) is 7.92. The molecule has 4 nitrogen and oxygen atoms in total. The lowest BCUT2D eigenvalue weighted by molar-refractivity contribution is -0.137. The molecule has 1 amide bonds. The Labute approximate surface area is 167 Å². The van der Waals surface area contributed by atoms with Gasteiger partial charge >= 0.3 is 6.18 Å². The third-order valence-corrected chi connectivity index (χ3v) is 5.21. The number of nitrogens with zero attached hydrogens (tertiary/aromatic N) is 3. The number of halogens is 3. The van der Waals surface area contributed by atoms with Crippen LogP contribution in [0.4, 0.5) is 18.9 Å². The quantitative estimate of drug-likeness (QED) is 0.600. The van der Waals surface area contributed by atoms with Crippen molar-refractivity contribution in [2.24, 2.45) is 5.92 Å². The molecule has 0 saturated carbocycles. The van der Waals surface area contributed by atoms with Gasteiger partial charge in [0.25, 0.3) is 0 Å². The Bertz CT molecular complexity index is 1050. The number of amides is 1. The standard InChI is InChI=1S/C22H22F3N3O/c1-14(2)12-28-19-9-4-3-8-18(19)26-21(28)15-10-20(29)27(13-15)17-7-5-6-16(11-17)22(23,24)25/h3-9,11,14-15H,10,12-13H2,1-2H3. The molecule has 152 valence electrons. The van der Waals surface area contributed by atoms with E-state index >= 15 is 0 Å². The largest absolute Gasteiger partial charge is 0.416 e. The predicted molar refractivity (Wildman–Crippen MR) is 106 cm³/mol. The second kappa shape index (κ2) is 7.21. The summed E-state index contributed by atoms with van der Waals surface area (Å²) in [4.78, 5) is 18.9. The van der Waals surface area contributed by atoms with Crippen molar-refractivity contribution >= 4 is 22.6 Å². The zero-order valence-corrected chi connectivity index (χ0v) is 16.3. The van der Waals surface area contributed by atoms with E-state index in [9.17, 15) is 18.0 Å². The average molecular weight is 401 g/mol. The lowest BCUT2D eigenvalue weighted by atomic mass is 10.1. The molecule has 1 saturated heterocycles. The first-order valence-corrected chi connectivity index (χ1v) is 9.67. The van der Waals surface area contributed by atoms with Gasteiger partial charge < -0.3 is 9.47 Å². The molecule has 1 aliphatic heterocycles. The number of carbonyl (C=O) groups is 1. The van der Waals surface area contributed by atoms with E-state index in [0.717, 1.165) is 35.5 Å². The summed E-state index contributed by atoms with van der Waals surface area (Å²) in [5, 5.41) is 0. The van der Waals surface area contributed by atoms with Gasteiger partial charge in [0, 0.05) is 31.1 Å². The normalized spacial score (nSPS) is 17.7. The topological polar surface area (TPSA) is 38.1 Å². The van der Waals surface area contributed by atoms with Gasteiger partial charge in [0.1, 0.15) is 5.82 Å². The third-order valence-electron chi connectivity index (χ3n) is 5.21. The van der Waals surface area contributed by atoms with E-state index in [2.05, 4.69) is 18.4 Å². The van der Waals surface area contributed by atoms with E-state index in [-0.39, 0.29) is 23.9 Å². The minimum atomic E-state index is -4.44. The van der Waals surface area contributed by atoms with E-state index in [1.54, 1.807) is 6.07 Å². The fraction of sp³-hybridized carbons (Fsp3) is 0.364. The van der Waals surface area contributed by atoms with Crippen LogP contribution in [0.15, 0.2) is 48.5 Å². The van der Waals surface area contributed by atoms with Gasteiger partial charge in [-0.1, -0.05) is 32.0 Å². The molecule has 4 rings (SSSR count). The average Bonchev–Trinajstić information content (AvgIpc) is 3.22. The molecule has 7 heteroatoms. The van der Waals surface area contributed by atoms with Crippen molar-refractivity contribution in [2.45, 2.75) is 38.9 Å². The van der Waals surface area contributed by atoms with Gasteiger partial charge in [0.05, 0.1) is 16.6 Å². The molecule has 1 atom stereocenters. The molecule has 0 spiro atoms. The number of para-hydroxylation sites is 2. The molecular weight excluding hydrogens is 379 g/mol. The van der Waals surface area contributed by atoms with Crippen LogP contribution in [0.3, 0.4) is 0 Å². The molecule has 3 aromatic rings. The summed E-state index contributed by atoms with van der Waals surface area (Å²) in [5.41, 5.74) is 1.41. The molecule has 0 bridgehead atoms. The van der Waals surface area contributed by atoms with Crippen molar-refractivity contribution in [1.29, 1.82) is 0 Å². The maximum Gasteiger partial charge on any atom is 0.416 e. The number of fused-ring (bicyclic) bond motifs is 1. The molecule has 0 radical (unpaired) electrons. The first-order valence-electron chi connectivity index (χ1n) is 9.67. The Morgan fingerprint density at radius 2 is 1.90 bits per heavy atom. The van der Waals surface area contributed by atoms with Crippen molar-refractivity contribution in [3.63, 3.8) is 0 Å². The summed E-state index contributed by atoms with van der Waals surface area (Å²) in [6.45, 7) is 5.33. The molecule has 0 N–H and O–H groups in total. The van der Waals surface area contributed by atoms with Crippen LogP contribution in [0, 0.1) is 5.92 Å². The molecule has 1 aromatic heterocycles. The minimum Gasteiger partial charge on any atom is -0.327 e. The molecule has 0 aliphatic carbocycles. The van der Waals surface area contributed by atoms with Crippen molar-refractivity contribution in [3.05, 3.63) is 59.9 Å². The van der Waals surface area contributed by atoms with Crippen LogP contribution in [-0.2, 0) is 17.5 Å². The summed E-state index contributed by atoms with van der Waals surface area (Å²) in [7, 11) is 0. The number of rotatable bonds is 4. The van der Waals surface area contributed by atoms with Crippen molar-refractivity contribution in [3.8, 4) is 0 Å². The number of carbonyl (C=O) groups excluding carboxylic acids is 1. The van der Waals surface area contributed by atoms with Crippen LogP contribution < -0.4 is 4.90 Å². The van der Waals surface area contributed by atoms with Crippen LogP contribution in [-0.4, -0.2) is 22.0 Å². The Balaban J connectivity index is 1.68. The summed E-state index contributed by atoms with van der Waals surface area (Å²) in [6.07, 6.45) is -4.21. The molecule has 1 unspecified atom stereocenters. The molecule has 1 aliphatic rings. The Hall–Kier alpha value is -2.83. The van der Waals surface area contributed by atoms with Gasteiger partial charge in [-0.3, -0.25) is 4.79 Å². The maximum atomic E-state index is 13.1. The number of hydrogen-bond donors (Lipinski definition) is 0. The highest BCUT2D eigenvalue weighted by Gasteiger charge is 2.36. The van der Waals surface area contributed by atoms with E-state index in [4.69, 9.17) is 4.98 Å². The third kappa shape index (κ3) is 3.73. The SMILES string of the molecule is CC(C)Cn1c(C2CC(=O)N(c3cccc(C(F)(F)F)c3)C2)nc2ccccc21. The van der Waals surface area contributed by atoms with E-state index in [0.29, 0.717) is 12.5 Å². The maximum absolute atomic E-state index is 13.1. The highest BCUT2D eigenvalue weighted by molar-refractivity contribution is 5.96.